The minimum Gasteiger partial charge on any atom is -0.497 e. The molecule has 3 aromatic carbocycles. The number of hydrogen-bond acceptors (Lipinski definition) is 6. The molecule has 4 rings (SSSR count). The van der Waals surface area contributed by atoms with Crippen LogP contribution in [0.2, 0.25) is 0 Å². The van der Waals surface area contributed by atoms with Crippen LogP contribution in [0.3, 0.4) is 0 Å². The molecule has 0 saturated carbocycles. The number of nitrogens with one attached hydrogen (secondary N) is 2. The quantitative estimate of drug-likeness (QED) is 0.339. The smallest absolute Gasteiger partial charge is 0.262 e. The first-order valence-corrected chi connectivity index (χ1v) is 11.6. The Bertz CT molecular complexity index is 1420. The Kier molecular flexibility index (Phi) is 7.53. The normalized spacial score (nSPS) is 10.8. The Balaban J connectivity index is 1.47. The number of hydrogen-bond donors (Lipinski definition) is 2. The van der Waals surface area contributed by atoms with Crippen molar-refractivity contribution in [3.8, 4) is 28.6 Å². The highest BCUT2D eigenvalue weighted by molar-refractivity contribution is 5.94. The van der Waals surface area contributed by atoms with E-state index >= 15 is 0 Å². The van der Waals surface area contributed by atoms with Crippen molar-refractivity contribution in [2.75, 3.05) is 27.4 Å². The summed E-state index contributed by atoms with van der Waals surface area (Å²) < 4.78 is 16.7. The summed E-state index contributed by atoms with van der Waals surface area (Å²) in [5.74, 6) is 2.09. The fourth-order valence-corrected chi connectivity index (χ4v) is 4.08. The zero-order valence-corrected chi connectivity index (χ0v) is 20.8. The van der Waals surface area contributed by atoms with Crippen LogP contribution in [-0.2, 0) is 0 Å². The van der Waals surface area contributed by atoms with Crippen LogP contribution in [-0.4, -0.2) is 43.2 Å². The Hall–Kier alpha value is -4.33. The standard InChI is InChI=1S/C28H29N3O5/c1-17-13-20(26-30-22-15-21(34-3)16-23(35-4)24(22)28(33)31-26)14-18(2)25(17)36-12-8-11-29-27(32)19-9-6-5-7-10-19/h5-7,9-10,13-16H,8,11-12H2,1-4H3,(H,29,32)(H,30,31,33). The van der Waals surface area contributed by atoms with Gasteiger partial charge in [0.2, 0.25) is 0 Å². The SMILES string of the molecule is COc1cc(OC)c2c(=O)[nH]c(-c3cc(C)c(OCCCNC(=O)c4ccccc4)c(C)c3)nc2c1. The van der Waals surface area contributed by atoms with E-state index in [9.17, 15) is 9.59 Å². The summed E-state index contributed by atoms with van der Waals surface area (Å²) in [4.78, 5) is 32.5. The molecule has 36 heavy (non-hydrogen) atoms. The predicted octanol–water partition coefficient (Wildman–Crippen LogP) is 4.42. The van der Waals surface area contributed by atoms with Crippen molar-refractivity contribution in [2.45, 2.75) is 20.3 Å². The van der Waals surface area contributed by atoms with E-state index in [1.54, 1.807) is 31.4 Å². The number of methoxy groups -OCH3 is 2. The van der Waals surface area contributed by atoms with Gasteiger partial charge < -0.3 is 24.5 Å². The molecule has 8 heteroatoms. The maximum Gasteiger partial charge on any atom is 0.262 e. The minimum atomic E-state index is -0.289. The minimum absolute atomic E-state index is 0.0977. The van der Waals surface area contributed by atoms with Crippen molar-refractivity contribution in [1.82, 2.24) is 15.3 Å². The maximum absolute atomic E-state index is 12.9. The molecule has 1 heterocycles. The van der Waals surface area contributed by atoms with Crippen LogP contribution in [0.15, 0.2) is 59.4 Å². The summed E-state index contributed by atoms with van der Waals surface area (Å²) in [5.41, 5.74) is 3.44. The van der Waals surface area contributed by atoms with Gasteiger partial charge >= 0.3 is 0 Å². The molecular formula is C28H29N3O5. The first kappa shape index (κ1) is 24.8. The Morgan fingerprint density at radius 2 is 1.72 bits per heavy atom. The van der Waals surface area contributed by atoms with Crippen LogP contribution in [0, 0.1) is 13.8 Å². The van der Waals surface area contributed by atoms with E-state index in [1.165, 1.54) is 7.11 Å². The molecule has 4 aromatic rings. The summed E-state index contributed by atoms with van der Waals surface area (Å²) in [5, 5.41) is 3.27. The highest BCUT2D eigenvalue weighted by atomic mass is 16.5. The van der Waals surface area contributed by atoms with Crippen molar-refractivity contribution in [2.24, 2.45) is 0 Å². The number of aryl methyl sites for hydroxylation is 2. The third-order valence-electron chi connectivity index (χ3n) is 5.82. The summed E-state index contributed by atoms with van der Waals surface area (Å²) in [6, 6.07) is 16.4. The summed E-state index contributed by atoms with van der Waals surface area (Å²) in [7, 11) is 3.06. The van der Waals surface area contributed by atoms with Crippen LogP contribution in [0.1, 0.15) is 27.9 Å². The van der Waals surface area contributed by atoms with Gasteiger partial charge in [0.1, 0.15) is 28.5 Å². The second-order valence-electron chi connectivity index (χ2n) is 8.40. The molecule has 8 nitrogen and oxygen atoms in total. The second kappa shape index (κ2) is 10.9. The number of H-pyrrole nitrogens is 1. The molecule has 186 valence electrons. The molecule has 0 spiro atoms. The van der Waals surface area contributed by atoms with Crippen LogP contribution in [0.4, 0.5) is 0 Å². The van der Waals surface area contributed by atoms with Gasteiger partial charge in [0.15, 0.2) is 0 Å². The van der Waals surface area contributed by atoms with Crippen molar-refractivity contribution in [3.05, 3.63) is 81.6 Å². The molecule has 0 aliphatic heterocycles. The molecular weight excluding hydrogens is 458 g/mol. The first-order valence-electron chi connectivity index (χ1n) is 11.6. The molecule has 0 aliphatic carbocycles. The predicted molar refractivity (Wildman–Crippen MR) is 139 cm³/mol. The Labute approximate surface area is 209 Å². The van der Waals surface area contributed by atoms with E-state index < -0.39 is 0 Å². The monoisotopic (exact) mass is 487 g/mol. The number of benzene rings is 3. The Morgan fingerprint density at radius 1 is 1.00 bits per heavy atom. The number of fused-ring (bicyclic) bond motifs is 1. The largest absolute Gasteiger partial charge is 0.497 e. The lowest BCUT2D eigenvalue weighted by atomic mass is 10.0. The number of aromatic amines is 1. The zero-order chi connectivity index (χ0) is 25.7. The van der Waals surface area contributed by atoms with Gasteiger partial charge in [-0.3, -0.25) is 9.59 Å². The number of carbonyl (C=O) groups is 1. The van der Waals surface area contributed by atoms with Gasteiger partial charge in [0.25, 0.3) is 11.5 Å². The van der Waals surface area contributed by atoms with Crippen LogP contribution in [0.25, 0.3) is 22.3 Å². The van der Waals surface area contributed by atoms with Crippen LogP contribution < -0.4 is 25.1 Å². The molecule has 0 atom stereocenters. The summed E-state index contributed by atoms with van der Waals surface area (Å²) >= 11 is 0. The van der Waals surface area contributed by atoms with Gasteiger partial charge in [-0.2, -0.15) is 0 Å². The molecule has 1 aromatic heterocycles. The average Bonchev–Trinajstić information content (AvgIpc) is 2.89. The fourth-order valence-electron chi connectivity index (χ4n) is 4.08. The van der Waals surface area contributed by atoms with Gasteiger partial charge in [-0.25, -0.2) is 4.98 Å². The van der Waals surface area contributed by atoms with E-state index in [1.807, 2.05) is 44.2 Å². The third kappa shape index (κ3) is 5.33. The zero-order valence-electron chi connectivity index (χ0n) is 20.8. The maximum atomic E-state index is 12.9. The van der Waals surface area contributed by atoms with E-state index in [2.05, 4.69) is 15.3 Å². The molecule has 2 N–H and O–H groups in total. The highest BCUT2D eigenvalue weighted by Gasteiger charge is 2.15. The topological polar surface area (TPSA) is 103 Å². The van der Waals surface area contributed by atoms with Gasteiger partial charge in [-0.05, 0) is 55.7 Å². The van der Waals surface area contributed by atoms with Crippen molar-refractivity contribution in [1.29, 1.82) is 0 Å². The second-order valence-corrected chi connectivity index (χ2v) is 8.40. The van der Waals surface area contributed by atoms with Crippen molar-refractivity contribution in [3.63, 3.8) is 0 Å². The summed E-state index contributed by atoms with van der Waals surface area (Å²) in [6.07, 6.45) is 0.669. The average molecular weight is 488 g/mol. The third-order valence-corrected chi connectivity index (χ3v) is 5.82. The first-order chi connectivity index (χ1) is 17.4. The number of amides is 1. The van der Waals surface area contributed by atoms with Crippen molar-refractivity contribution < 1.29 is 19.0 Å². The van der Waals surface area contributed by atoms with E-state index in [4.69, 9.17) is 14.2 Å². The van der Waals surface area contributed by atoms with Gasteiger partial charge in [0.05, 0.1) is 26.3 Å². The lowest BCUT2D eigenvalue weighted by molar-refractivity contribution is 0.0951. The lowest BCUT2D eigenvalue weighted by Gasteiger charge is -2.15. The summed E-state index contributed by atoms with van der Waals surface area (Å²) in [6.45, 7) is 4.88. The number of aromatic nitrogens is 2. The highest BCUT2D eigenvalue weighted by Crippen LogP contribution is 2.31. The number of rotatable bonds is 9. The van der Waals surface area contributed by atoms with E-state index in [0.717, 1.165) is 22.4 Å². The number of carbonyl (C=O) groups excluding carboxylic acids is 1. The van der Waals surface area contributed by atoms with Gasteiger partial charge in [-0.15, -0.1) is 0 Å². The van der Waals surface area contributed by atoms with Crippen molar-refractivity contribution >= 4 is 16.8 Å². The molecule has 0 saturated heterocycles. The van der Waals surface area contributed by atoms with Gasteiger partial charge in [-0.1, -0.05) is 18.2 Å². The fraction of sp³-hybridized carbons (Fsp3) is 0.250. The molecule has 0 bridgehead atoms. The van der Waals surface area contributed by atoms with Gasteiger partial charge in [0, 0.05) is 29.8 Å². The number of ether oxygens (including phenoxy) is 3. The number of nitrogens with zero attached hydrogens (tertiary/aromatic N) is 1. The molecule has 0 unspecified atom stereocenters. The molecule has 1 amide bonds. The van der Waals surface area contributed by atoms with E-state index in [0.29, 0.717) is 53.4 Å². The lowest BCUT2D eigenvalue weighted by Crippen LogP contribution is -2.25. The molecule has 0 fully saturated rings. The van der Waals surface area contributed by atoms with E-state index in [-0.39, 0.29) is 11.5 Å². The molecule has 0 radical (unpaired) electrons. The molecule has 0 aliphatic rings. The van der Waals surface area contributed by atoms with Crippen LogP contribution in [0.5, 0.6) is 17.2 Å². The van der Waals surface area contributed by atoms with Crippen LogP contribution >= 0.6 is 0 Å². The Morgan fingerprint density at radius 3 is 2.39 bits per heavy atom.